The van der Waals surface area contributed by atoms with Gasteiger partial charge >= 0.3 is 0 Å². The number of aliphatic hydroxyl groups is 1. The Balaban J connectivity index is 1.84. The summed E-state index contributed by atoms with van der Waals surface area (Å²) in [5, 5.41) is 9.46. The Kier molecular flexibility index (Phi) is 4.26. The third-order valence-electron chi connectivity index (χ3n) is 4.63. The number of aliphatic hydroxyl groups excluding tert-OH is 1. The van der Waals surface area contributed by atoms with Crippen LogP contribution >= 0.6 is 0 Å². The average Bonchev–Trinajstić information content (AvgIpc) is 2.27. The summed E-state index contributed by atoms with van der Waals surface area (Å²) < 4.78 is 0. The van der Waals surface area contributed by atoms with Crippen LogP contribution in [0.1, 0.15) is 52.4 Å². The van der Waals surface area contributed by atoms with Crippen LogP contribution in [-0.4, -0.2) is 35.2 Å². The molecule has 0 amide bonds. The molecule has 16 heavy (non-hydrogen) atoms. The Bertz CT molecular complexity index is 217. The third kappa shape index (κ3) is 2.98. The summed E-state index contributed by atoms with van der Waals surface area (Å²) in [6, 6.07) is 0.558. The molecule has 2 rings (SSSR count). The van der Waals surface area contributed by atoms with E-state index >= 15 is 0 Å². The fourth-order valence-electron chi connectivity index (χ4n) is 3.67. The highest BCUT2D eigenvalue weighted by Crippen LogP contribution is 2.36. The molecule has 1 N–H and O–H groups in total. The molecule has 1 aliphatic carbocycles. The van der Waals surface area contributed by atoms with E-state index in [4.69, 9.17) is 0 Å². The second-order valence-electron chi connectivity index (χ2n) is 6.02. The zero-order valence-electron chi connectivity index (χ0n) is 10.9. The molecule has 0 spiro atoms. The van der Waals surface area contributed by atoms with Crippen LogP contribution in [0.4, 0.5) is 0 Å². The molecule has 94 valence electrons. The number of nitrogens with zero attached hydrogens (tertiary/aromatic N) is 1. The summed E-state index contributed by atoms with van der Waals surface area (Å²) in [7, 11) is 0. The average molecular weight is 225 g/mol. The van der Waals surface area contributed by atoms with Crippen molar-refractivity contribution in [2.75, 3.05) is 13.1 Å². The number of fused-ring (bicyclic) bond motifs is 1. The fourth-order valence-corrected chi connectivity index (χ4v) is 3.67. The largest absolute Gasteiger partial charge is 0.393 e. The van der Waals surface area contributed by atoms with Gasteiger partial charge in [0.2, 0.25) is 0 Å². The van der Waals surface area contributed by atoms with Crippen molar-refractivity contribution in [1.29, 1.82) is 0 Å². The van der Waals surface area contributed by atoms with Gasteiger partial charge in [0.15, 0.2) is 0 Å². The second-order valence-corrected chi connectivity index (χ2v) is 6.02. The van der Waals surface area contributed by atoms with Gasteiger partial charge in [-0.05, 0) is 51.5 Å². The molecule has 0 aromatic carbocycles. The van der Waals surface area contributed by atoms with E-state index in [1.54, 1.807) is 0 Å². The number of hydrogen-bond donors (Lipinski definition) is 1. The van der Waals surface area contributed by atoms with Crippen LogP contribution < -0.4 is 0 Å². The summed E-state index contributed by atoms with van der Waals surface area (Å²) in [4.78, 5) is 2.61. The molecular weight excluding hydrogens is 198 g/mol. The van der Waals surface area contributed by atoms with Crippen molar-refractivity contribution in [2.24, 2.45) is 11.8 Å². The van der Waals surface area contributed by atoms with Crippen molar-refractivity contribution in [3.8, 4) is 0 Å². The molecule has 2 heteroatoms. The lowest BCUT2D eigenvalue weighted by Crippen LogP contribution is -2.46. The van der Waals surface area contributed by atoms with Crippen molar-refractivity contribution in [2.45, 2.75) is 64.5 Å². The van der Waals surface area contributed by atoms with E-state index in [-0.39, 0.29) is 6.10 Å². The normalized spacial score (nSPS) is 35.4. The first-order valence-electron chi connectivity index (χ1n) is 7.09. The van der Waals surface area contributed by atoms with Crippen molar-refractivity contribution in [1.82, 2.24) is 4.90 Å². The predicted molar refractivity (Wildman–Crippen MR) is 67.4 cm³/mol. The van der Waals surface area contributed by atoms with Gasteiger partial charge in [-0.15, -0.1) is 0 Å². The second kappa shape index (κ2) is 5.50. The molecule has 2 nitrogen and oxygen atoms in total. The molecule has 0 aromatic heterocycles. The summed E-state index contributed by atoms with van der Waals surface area (Å²) in [5.74, 6) is 1.97. The van der Waals surface area contributed by atoms with E-state index in [0.29, 0.717) is 6.04 Å². The molecule has 0 radical (unpaired) electrons. The van der Waals surface area contributed by atoms with E-state index in [1.807, 2.05) is 6.92 Å². The fraction of sp³-hybridized carbons (Fsp3) is 1.00. The van der Waals surface area contributed by atoms with Crippen LogP contribution in [0.15, 0.2) is 0 Å². The third-order valence-corrected chi connectivity index (χ3v) is 4.63. The molecule has 1 saturated heterocycles. The van der Waals surface area contributed by atoms with Gasteiger partial charge in [-0.2, -0.15) is 0 Å². The standard InChI is InChI=1S/C14H27NO/c1-11(9-12(2)16)15-8-7-13-5-3-4-6-14(13)10-15/h11-14,16H,3-10H2,1-2H3. The summed E-state index contributed by atoms with van der Waals surface area (Å²) >= 11 is 0. The summed E-state index contributed by atoms with van der Waals surface area (Å²) in [6.07, 6.45) is 8.00. The molecule has 0 aromatic rings. The zero-order valence-corrected chi connectivity index (χ0v) is 10.9. The highest BCUT2D eigenvalue weighted by atomic mass is 16.3. The van der Waals surface area contributed by atoms with Gasteiger partial charge in [0.05, 0.1) is 6.10 Å². The zero-order chi connectivity index (χ0) is 11.5. The maximum Gasteiger partial charge on any atom is 0.0526 e. The lowest BCUT2D eigenvalue weighted by Gasteiger charge is -2.43. The monoisotopic (exact) mass is 225 g/mol. The van der Waals surface area contributed by atoms with Gasteiger partial charge in [0.1, 0.15) is 0 Å². The van der Waals surface area contributed by atoms with Crippen LogP contribution in [0.25, 0.3) is 0 Å². The summed E-state index contributed by atoms with van der Waals surface area (Å²) in [5.41, 5.74) is 0. The molecule has 2 aliphatic rings. The molecule has 1 aliphatic heterocycles. The van der Waals surface area contributed by atoms with Crippen molar-refractivity contribution in [3.05, 3.63) is 0 Å². The number of hydrogen-bond acceptors (Lipinski definition) is 2. The highest BCUT2D eigenvalue weighted by Gasteiger charge is 2.32. The van der Waals surface area contributed by atoms with Gasteiger partial charge in [-0.25, -0.2) is 0 Å². The van der Waals surface area contributed by atoms with E-state index in [0.717, 1.165) is 18.3 Å². The van der Waals surface area contributed by atoms with Crippen LogP contribution in [0.3, 0.4) is 0 Å². The maximum atomic E-state index is 9.46. The first kappa shape index (κ1) is 12.4. The Morgan fingerprint density at radius 1 is 1.12 bits per heavy atom. The maximum absolute atomic E-state index is 9.46. The molecule has 1 saturated carbocycles. The first-order chi connectivity index (χ1) is 7.66. The van der Waals surface area contributed by atoms with Crippen LogP contribution in [0.5, 0.6) is 0 Å². The topological polar surface area (TPSA) is 23.5 Å². The molecule has 2 fully saturated rings. The predicted octanol–water partition coefficient (Wildman–Crippen LogP) is 2.66. The lowest BCUT2D eigenvalue weighted by atomic mass is 9.75. The molecule has 0 bridgehead atoms. The minimum absolute atomic E-state index is 0.154. The van der Waals surface area contributed by atoms with E-state index in [2.05, 4.69) is 11.8 Å². The van der Waals surface area contributed by atoms with Crippen LogP contribution in [0.2, 0.25) is 0 Å². The van der Waals surface area contributed by atoms with Gasteiger partial charge in [-0.3, -0.25) is 0 Å². The minimum atomic E-state index is -0.154. The van der Waals surface area contributed by atoms with Gasteiger partial charge < -0.3 is 10.0 Å². The van der Waals surface area contributed by atoms with Crippen molar-refractivity contribution >= 4 is 0 Å². The van der Waals surface area contributed by atoms with E-state index in [9.17, 15) is 5.11 Å². The Labute approximate surface area is 100 Å². The van der Waals surface area contributed by atoms with E-state index in [1.165, 1.54) is 45.2 Å². The van der Waals surface area contributed by atoms with Crippen molar-refractivity contribution < 1.29 is 5.11 Å². The van der Waals surface area contributed by atoms with Gasteiger partial charge in [0, 0.05) is 12.6 Å². The number of rotatable bonds is 3. The van der Waals surface area contributed by atoms with Crippen LogP contribution in [-0.2, 0) is 0 Å². The van der Waals surface area contributed by atoms with Gasteiger partial charge in [0.25, 0.3) is 0 Å². The summed E-state index contributed by atoms with van der Waals surface area (Å²) in [6.45, 7) is 6.73. The minimum Gasteiger partial charge on any atom is -0.393 e. The van der Waals surface area contributed by atoms with Crippen LogP contribution in [0, 0.1) is 11.8 Å². The Morgan fingerprint density at radius 3 is 2.50 bits per heavy atom. The van der Waals surface area contributed by atoms with Gasteiger partial charge in [-0.1, -0.05) is 19.3 Å². The SMILES string of the molecule is CC(O)CC(C)N1CCC2CCCCC2C1. The Hall–Kier alpha value is -0.0800. The first-order valence-corrected chi connectivity index (χ1v) is 7.09. The molecular formula is C14H27NO. The molecule has 1 heterocycles. The number of likely N-dealkylation sites (tertiary alicyclic amines) is 1. The molecule has 4 atom stereocenters. The molecule has 4 unspecified atom stereocenters. The number of piperidine rings is 1. The highest BCUT2D eigenvalue weighted by molar-refractivity contribution is 4.85. The smallest absolute Gasteiger partial charge is 0.0526 e. The van der Waals surface area contributed by atoms with E-state index < -0.39 is 0 Å². The lowest BCUT2D eigenvalue weighted by molar-refractivity contribution is 0.0432. The Morgan fingerprint density at radius 2 is 1.81 bits per heavy atom. The quantitative estimate of drug-likeness (QED) is 0.798. The van der Waals surface area contributed by atoms with Crippen molar-refractivity contribution in [3.63, 3.8) is 0 Å².